The van der Waals surface area contributed by atoms with Gasteiger partial charge < -0.3 is 10.1 Å². The highest BCUT2D eigenvalue weighted by Crippen LogP contribution is 2.28. The summed E-state index contributed by atoms with van der Waals surface area (Å²) in [4.78, 5) is 2.75. The number of nitrogens with zero attached hydrogens (tertiary/aromatic N) is 1. The van der Waals surface area contributed by atoms with Crippen LogP contribution in [0.1, 0.15) is 52.9 Å². The van der Waals surface area contributed by atoms with Crippen LogP contribution in [0.4, 0.5) is 0 Å². The lowest BCUT2D eigenvalue weighted by Crippen LogP contribution is -2.53. The Morgan fingerprint density at radius 1 is 1.26 bits per heavy atom. The van der Waals surface area contributed by atoms with Gasteiger partial charge in [-0.25, -0.2) is 0 Å². The maximum atomic E-state index is 5.50. The largest absolute Gasteiger partial charge is 0.381 e. The van der Waals surface area contributed by atoms with E-state index in [0.717, 1.165) is 37.3 Å². The van der Waals surface area contributed by atoms with Crippen molar-refractivity contribution in [3.63, 3.8) is 0 Å². The summed E-state index contributed by atoms with van der Waals surface area (Å²) in [5.41, 5.74) is 0. The molecule has 2 rings (SSSR count). The lowest BCUT2D eigenvalue weighted by Gasteiger charge is -2.45. The van der Waals surface area contributed by atoms with Gasteiger partial charge in [0.15, 0.2) is 0 Å². The Morgan fingerprint density at radius 3 is 2.63 bits per heavy atom. The molecule has 0 spiro atoms. The molecule has 19 heavy (non-hydrogen) atoms. The minimum absolute atomic E-state index is 0.723. The van der Waals surface area contributed by atoms with Crippen LogP contribution in [0.2, 0.25) is 0 Å². The molecule has 0 saturated carbocycles. The minimum atomic E-state index is 0.723. The van der Waals surface area contributed by atoms with Crippen molar-refractivity contribution in [2.24, 2.45) is 5.92 Å². The van der Waals surface area contributed by atoms with Crippen LogP contribution >= 0.6 is 0 Å². The summed E-state index contributed by atoms with van der Waals surface area (Å²) in [5.74, 6) is 0.844. The number of nitrogens with one attached hydrogen (secondary N) is 1. The number of hydrogen-bond donors (Lipinski definition) is 1. The summed E-state index contributed by atoms with van der Waals surface area (Å²) < 4.78 is 5.50. The quantitative estimate of drug-likeness (QED) is 0.829. The van der Waals surface area contributed by atoms with Gasteiger partial charge in [0.05, 0.1) is 0 Å². The maximum absolute atomic E-state index is 5.50. The van der Waals surface area contributed by atoms with Crippen molar-refractivity contribution in [3.05, 3.63) is 0 Å². The second-order valence-corrected chi connectivity index (χ2v) is 6.45. The molecule has 2 heterocycles. The second kappa shape index (κ2) is 7.61. The molecular weight excluding hydrogens is 236 g/mol. The average molecular weight is 268 g/mol. The zero-order valence-corrected chi connectivity index (χ0v) is 13.0. The third kappa shape index (κ3) is 4.17. The van der Waals surface area contributed by atoms with E-state index in [2.05, 4.69) is 31.0 Å². The van der Waals surface area contributed by atoms with Gasteiger partial charge in [-0.2, -0.15) is 0 Å². The van der Waals surface area contributed by atoms with Gasteiger partial charge in [-0.05, 0) is 58.4 Å². The monoisotopic (exact) mass is 268 g/mol. The van der Waals surface area contributed by atoms with Gasteiger partial charge in [0, 0.05) is 37.9 Å². The molecule has 0 aromatic heterocycles. The summed E-state index contributed by atoms with van der Waals surface area (Å²) in [6, 6.07) is 2.19. The number of ether oxygens (including phenoxy) is 1. The topological polar surface area (TPSA) is 24.5 Å². The van der Waals surface area contributed by atoms with Crippen LogP contribution in [0.25, 0.3) is 0 Å². The van der Waals surface area contributed by atoms with Crippen molar-refractivity contribution in [3.8, 4) is 0 Å². The number of hydrogen-bond acceptors (Lipinski definition) is 3. The second-order valence-electron chi connectivity index (χ2n) is 6.45. The molecule has 3 unspecified atom stereocenters. The van der Waals surface area contributed by atoms with Gasteiger partial charge in [0.1, 0.15) is 0 Å². The van der Waals surface area contributed by atoms with E-state index in [1.165, 1.54) is 45.2 Å². The van der Waals surface area contributed by atoms with Gasteiger partial charge in [-0.15, -0.1) is 0 Å². The van der Waals surface area contributed by atoms with E-state index in [1.807, 2.05) is 0 Å². The number of piperidine rings is 1. The maximum Gasteiger partial charge on any atom is 0.0469 e. The summed E-state index contributed by atoms with van der Waals surface area (Å²) in [6.07, 6.45) is 6.38. The zero-order valence-electron chi connectivity index (χ0n) is 13.0. The van der Waals surface area contributed by atoms with E-state index in [1.54, 1.807) is 0 Å². The number of rotatable bonds is 5. The fourth-order valence-electron chi connectivity index (χ4n) is 3.80. The molecule has 0 aromatic carbocycles. The van der Waals surface area contributed by atoms with Crippen LogP contribution < -0.4 is 5.32 Å². The molecule has 2 aliphatic heterocycles. The van der Waals surface area contributed by atoms with Gasteiger partial charge in [0.25, 0.3) is 0 Å². The van der Waals surface area contributed by atoms with Crippen molar-refractivity contribution >= 4 is 0 Å². The Labute approximate surface area is 119 Å². The first-order chi connectivity index (χ1) is 9.22. The van der Waals surface area contributed by atoms with Crippen molar-refractivity contribution < 1.29 is 4.74 Å². The van der Waals surface area contributed by atoms with Crippen LogP contribution in [0, 0.1) is 5.92 Å². The van der Waals surface area contributed by atoms with Crippen LogP contribution in [0.5, 0.6) is 0 Å². The first-order valence-electron chi connectivity index (χ1n) is 8.29. The van der Waals surface area contributed by atoms with Crippen molar-refractivity contribution in [1.29, 1.82) is 0 Å². The molecule has 1 N–H and O–H groups in total. The fourth-order valence-corrected chi connectivity index (χ4v) is 3.80. The SMILES string of the molecule is CCCNC1CCN(C(C)C2CCOCC2)C(C)C1. The van der Waals surface area contributed by atoms with Gasteiger partial charge in [-0.1, -0.05) is 6.92 Å². The van der Waals surface area contributed by atoms with Crippen LogP contribution in [0.15, 0.2) is 0 Å². The van der Waals surface area contributed by atoms with Crippen LogP contribution in [-0.2, 0) is 4.74 Å². The Bertz CT molecular complexity index is 253. The Balaban J connectivity index is 1.81. The normalized spacial score (nSPS) is 32.4. The molecule has 3 nitrogen and oxygen atoms in total. The van der Waals surface area contributed by atoms with Gasteiger partial charge >= 0.3 is 0 Å². The van der Waals surface area contributed by atoms with Crippen LogP contribution in [-0.4, -0.2) is 49.3 Å². The minimum Gasteiger partial charge on any atom is -0.381 e. The zero-order chi connectivity index (χ0) is 13.7. The van der Waals surface area contributed by atoms with Gasteiger partial charge in [-0.3, -0.25) is 4.90 Å². The first-order valence-corrected chi connectivity index (χ1v) is 8.29. The molecular formula is C16H32N2O. The Kier molecular flexibility index (Phi) is 6.11. The van der Waals surface area contributed by atoms with E-state index in [9.17, 15) is 0 Å². The summed E-state index contributed by atoms with van der Waals surface area (Å²) in [5, 5.41) is 3.69. The highest BCUT2D eigenvalue weighted by molar-refractivity contribution is 4.88. The Morgan fingerprint density at radius 2 is 2.00 bits per heavy atom. The van der Waals surface area contributed by atoms with Crippen molar-refractivity contribution in [2.45, 2.75) is 71.0 Å². The number of likely N-dealkylation sites (tertiary alicyclic amines) is 1. The molecule has 112 valence electrons. The van der Waals surface area contributed by atoms with E-state index < -0.39 is 0 Å². The molecule has 2 aliphatic rings. The third-order valence-corrected chi connectivity index (χ3v) is 5.08. The molecule has 3 heteroatoms. The van der Waals surface area contributed by atoms with Crippen molar-refractivity contribution in [2.75, 3.05) is 26.3 Å². The third-order valence-electron chi connectivity index (χ3n) is 5.08. The summed E-state index contributed by atoms with van der Waals surface area (Å²) in [6.45, 7) is 11.5. The summed E-state index contributed by atoms with van der Waals surface area (Å²) in [7, 11) is 0. The molecule has 0 amide bonds. The predicted octanol–water partition coefficient (Wildman–Crippen LogP) is 2.65. The van der Waals surface area contributed by atoms with E-state index in [0.29, 0.717) is 0 Å². The molecule has 0 aromatic rings. The predicted molar refractivity (Wildman–Crippen MR) is 80.5 cm³/mol. The van der Waals surface area contributed by atoms with E-state index in [4.69, 9.17) is 4.74 Å². The molecule has 0 radical (unpaired) electrons. The molecule has 0 aliphatic carbocycles. The summed E-state index contributed by atoms with van der Waals surface area (Å²) >= 11 is 0. The van der Waals surface area contributed by atoms with Gasteiger partial charge in [0.2, 0.25) is 0 Å². The Hall–Kier alpha value is -0.120. The molecule has 2 saturated heterocycles. The van der Waals surface area contributed by atoms with Crippen molar-refractivity contribution in [1.82, 2.24) is 10.2 Å². The highest BCUT2D eigenvalue weighted by Gasteiger charge is 2.32. The standard InChI is InChI=1S/C16H32N2O/c1-4-8-17-16-5-9-18(13(2)12-16)14(3)15-6-10-19-11-7-15/h13-17H,4-12H2,1-3H3. The fraction of sp³-hybridized carbons (Fsp3) is 1.00. The smallest absolute Gasteiger partial charge is 0.0469 e. The van der Waals surface area contributed by atoms with E-state index >= 15 is 0 Å². The van der Waals surface area contributed by atoms with Crippen LogP contribution in [0.3, 0.4) is 0 Å². The molecule has 2 fully saturated rings. The molecule has 3 atom stereocenters. The van der Waals surface area contributed by atoms with E-state index in [-0.39, 0.29) is 0 Å². The highest BCUT2D eigenvalue weighted by atomic mass is 16.5. The first kappa shape index (κ1) is 15.3. The lowest BCUT2D eigenvalue weighted by atomic mass is 9.88. The molecule has 0 bridgehead atoms. The average Bonchev–Trinajstić information content (AvgIpc) is 2.45. The lowest BCUT2D eigenvalue weighted by molar-refractivity contribution is 0.00668.